The van der Waals surface area contributed by atoms with Crippen molar-refractivity contribution in [3.8, 4) is 11.1 Å². The quantitative estimate of drug-likeness (QED) is 0.628. The van der Waals surface area contributed by atoms with Crippen LogP contribution in [0.2, 0.25) is 5.02 Å². The van der Waals surface area contributed by atoms with Crippen LogP contribution in [0.25, 0.3) is 11.1 Å². The molecule has 0 saturated carbocycles. The van der Waals surface area contributed by atoms with E-state index in [2.05, 4.69) is 5.32 Å². The van der Waals surface area contributed by atoms with Crippen LogP contribution >= 0.6 is 11.6 Å². The molecule has 0 atom stereocenters. The van der Waals surface area contributed by atoms with Crippen molar-refractivity contribution in [3.63, 3.8) is 0 Å². The summed E-state index contributed by atoms with van der Waals surface area (Å²) in [7, 11) is 0. The zero-order chi connectivity index (χ0) is 13.6. The molecular formula is C14H11ClN2O2. The highest BCUT2D eigenvalue weighted by molar-refractivity contribution is 6.34. The number of nitrogens with one attached hydrogen (secondary N) is 1. The molecule has 2 aromatic rings. The Kier molecular flexibility index (Phi) is 2.68. The van der Waals surface area contributed by atoms with E-state index in [9.17, 15) is 10.1 Å². The number of rotatable bonds is 1. The van der Waals surface area contributed by atoms with Gasteiger partial charge in [-0.3, -0.25) is 10.1 Å². The van der Waals surface area contributed by atoms with Gasteiger partial charge in [0, 0.05) is 24.2 Å². The maximum atomic E-state index is 10.9. The second kappa shape index (κ2) is 4.24. The minimum atomic E-state index is -0.420. The highest BCUT2D eigenvalue weighted by Crippen LogP contribution is 2.42. The van der Waals surface area contributed by atoms with Gasteiger partial charge < -0.3 is 5.32 Å². The van der Waals surface area contributed by atoms with E-state index in [1.54, 1.807) is 6.07 Å². The fourth-order valence-corrected chi connectivity index (χ4v) is 2.74. The van der Waals surface area contributed by atoms with Crippen molar-refractivity contribution in [1.82, 2.24) is 0 Å². The number of fused-ring (bicyclic) bond motifs is 3. The number of non-ortho nitro benzene ring substituents is 1. The molecule has 0 spiro atoms. The molecule has 0 aliphatic carbocycles. The average Bonchev–Trinajstić information content (AvgIpc) is 2.38. The Bertz CT molecular complexity index is 698. The summed E-state index contributed by atoms with van der Waals surface area (Å²) < 4.78 is 0. The lowest BCUT2D eigenvalue weighted by atomic mass is 9.91. The molecule has 0 amide bonds. The Labute approximate surface area is 115 Å². The number of nitrogens with zero attached hydrogens (tertiary/aromatic N) is 1. The van der Waals surface area contributed by atoms with Crippen LogP contribution in [0.3, 0.4) is 0 Å². The lowest BCUT2D eigenvalue weighted by Gasteiger charge is -2.23. The molecule has 3 rings (SSSR count). The SMILES string of the molecule is Cc1cccc2c1CNc1c(Cl)cc([N+](=O)[O-])cc1-2. The maximum Gasteiger partial charge on any atom is 0.271 e. The summed E-state index contributed by atoms with van der Waals surface area (Å²) >= 11 is 6.13. The number of hydrogen-bond donors (Lipinski definition) is 1. The maximum absolute atomic E-state index is 10.9. The third-order valence-corrected chi connectivity index (χ3v) is 3.73. The minimum Gasteiger partial charge on any atom is -0.379 e. The molecule has 4 nitrogen and oxygen atoms in total. The van der Waals surface area contributed by atoms with Crippen molar-refractivity contribution >= 4 is 23.0 Å². The van der Waals surface area contributed by atoms with Crippen molar-refractivity contribution < 1.29 is 4.92 Å². The van der Waals surface area contributed by atoms with Gasteiger partial charge in [0.05, 0.1) is 15.6 Å². The van der Waals surface area contributed by atoms with E-state index in [0.717, 1.165) is 22.4 Å². The van der Waals surface area contributed by atoms with Crippen LogP contribution in [-0.4, -0.2) is 4.92 Å². The van der Waals surface area contributed by atoms with Gasteiger partial charge in [0.25, 0.3) is 5.69 Å². The number of aryl methyl sites for hydroxylation is 1. The van der Waals surface area contributed by atoms with Crippen molar-refractivity contribution in [2.45, 2.75) is 13.5 Å². The van der Waals surface area contributed by atoms with E-state index < -0.39 is 4.92 Å². The van der Waals surface area contributed by atoms with Gasteiger partial charge in [0.2, 0.25) is 0 Å². The predicted molar refractivity (Wildman–Crippen MR) is 75.6 cm³/mol. The largest absolute Gasteiger partial charge is 0.379 e. The monoisotopic (exact) mass is 274 g/mol. The van der Waals surface area contributed by atoms with Crippen LogP contribution in [0.5, 0.6) is 0 Å². The summed E-state index contributed by atoms with van der Waals surface area (Å²) in [4.78, 5) is 10.5. The zero-order valence-electron chi connectivity index (χ0n) is 10.2. The molecule has 0 aromatic heterocycles. The fourth-order valence-electron chi connectivity index (χ4n) is 2.46. The first-order chi connectivity index (χ1) is 9.08. The van der Waals surface area contributed by atoms with Gasteiger partial charge in [-0.25, -0.2) is 0 Å². The van der Waals surface area contributed by atoms with Gasteiger partial charge in [-0.05, 0) is 23.6 Å². The molecule has 5 heteroatoms. The molecule has 0 unspecified atom stereocenters. The van der Waals surface area contributed by atoms with E-state index >= 15 is 0 Å². The van der Waals surface area contributed by atoms with Crippen LogP contribution in [0.15, 0.2) is 30.3 Å². The summed E-state index contributed by atoms with van der Waals surface area (Å²) in [6, 6.07) is 8.92. The standard InChI is InChI=1S/C14H11ClN2O2/c1-8-3-2-4-10-11-5-9(17(18)19)6-13(15)14(11)16-7-12(8)10/h2-6,16H,7H2,1H3. The van der Waals surface area contributed by atoms with Crippen LogP contribution in [0.1, 0.15) is 11.1 Å². The van der Waals surface area contributed by atoms with Crippen molar-refractivity contribution in [2.75, 3.05) is 5.32 Å². The van der Waals surface area contributed by atoms with E-state index in [0.29, 0.717) is 11.6 Å². The lowest BCUT2D eigenvalue weighted by Crippen LogP contribution is -2.11. The Hall–Kier alpha value is -2.07. The lowest BCUT2D eigenvalue weighted by molar-refractivity contribution is -0.384. The molecule has 1 aliphatic heterocycles. The highest BCUT2D eigenvalue weighted by Gasteiger charge is 2.22. The van der Waals surface area contributed by atoms with Crippen LogP contribution in [0, 0.1) is 17.0 Å². The van der Waals surface area contributed by atoms with Crippen molar-refractivity contribution in [2.24, 2.45) is 0 Å². The van der Waals surface area contributed by atoms with E-state index in [-0.39, 0.29) is 5.69 Å². The van der Waals surface area contributed by atoms with Gasteiger partial charge in [-0.1, -0.05) is 29.8 Å². The van der Waals surface area contributed by atoms with Gasteiger partial charge in [-0.2, -0.15) is 0 Å². The smallest absolute Gasteiger partial charge is 0.271 e. The molecule has 0 bridgehead atoms. The normalized spacial score (nSPS) is 12.3. The number of halogens is 1. The Morgan fingerprint density at radius 1 is 1.32 bits per heavy atom. The number of nitro benzene ring substituents is 1. The van der Waals surface area contributed by atoms with Crippen LogP contribution in [0.4, 0.5) is 11.4 Å². The molecule has 1 N–H and O–H groups in total. The second-order valence-electron chi connectivity index (χ2n) is 4.56. The first-order valence-corrected chi connectivity index (χ1v) is 6.26. The predicted octanol–water partition coefficient (Wildman–Crippen LogP) is 4.15. The molecule has 19 heavy (non-hydrogen) atoms. The zero-order valence-corrected chi connectivity index (χ0v) is 11.0. The summed E-state index contributed by atoms with van der Waals surface area (Å²) in [5, 5.41) is 14.6. The first kappa shape index (κ1) is 12.0. The number of anilines is 1. The van der Waals surface area contributed by atoms with Crippen LogP contribution in [-0.2, 0) is 6.54 Å². The van der Waals surface area contributed by atoms with E-state index in [1.807, 2.05) is 25.1 Å². The topological polar surface area (TPSA) is 55.2 Å². The van der Waals surface area contributed by atoms with Gasteiger partial charge in [0.1, 0.15) is 0 Å². The Balaban J connectivity index is 2.30. The number of hydrogen-bond acceptors (Lipinski definition) is 3. The van der Waals surface area contributed by atoms with Gasteiger partial charge in [0.15, 0.2) is 0 Å². The van der Waals surface area contributed by atoms with Gasteiger partial charge >= 0.3 is 0 Å². The molecular weight excluding hydrogens is 264 g/mol. The summed E-state index contributed by atoms with van der Waals surface area (Å²) in [6.45, 7) is 2.72. The minimum absolute atomic E-state index is 0.0138. The van der Waals surface area contributed by atoms with Crippen molar-refractivity contribution in [3.05, 3.63) is 56.6 Å². The summed E-state index contributed by atoms with van der Waals surface area (Å²) in [5.74, 6) is 0. The number of benzene rings is 2. The van der Waals surface area contributed by atoms with Gasteiger partial charge in [-0.15, -0.1) is 0 Å². The molecule has 1 heterocycles. The van der Waals surface area contributed by atoms with Crippen molar-refractivity contribution in [1.29, 1.82) is 0 Å². The molecule has 2 aromatic carbocycles. The molecule has 0 radical (unpaired) electrons. The van der Waals surface area contributed by atoms with E-state index in [1.165, 1.54) is 11.6 Å². The number of nitro groups is 1. The molecule has 0 saturated heterocycles. The fraction of sp³-hybridized carbons (Fsp3) is 0.143. The Morgan fingerprint density at radius 2 is 2.11 bits per heavy atom. The Morgan fingerprint density at radius 3 is 2.84 bits per heavy atom. The van der Waals surface area contributed by atoms with E-state index in [4.69, 9.17) is 11.6 Å². The molecule has 1 aliphatic rings. The molecule has 0 fully saturated rings. The third kappa shape index (κ3) is 1.85. The molecule has 96 valence electrons. The van der Waals surface area contributed by atoms with Crippen LogP contribution < -0.4 is 5.32 Å². The third-order valence-electron chi connectivity index (χ3n) is 3.43. The second-order valence-corrected chi connectivity index (χ2v) is 4.97. The first-order valence-electron chi connectivity index (χ1n) is 5.88. The summed E-state index contributed by atoms with van der Waals surface area (Å²) in [6.07, 6.45) is 0. The summed E-state index contributed by atoms with van der Waals surface area (Å²) in [5.41, 5.74) is 4.92. The average molecular weight is 275 g/mol. The highest BCUT2D eigenvalue weighted by atomic mass is 35.5.